The lowest BCUT2D eigenvalue weighted by Crippen LogP contribution is -2.36. The minimum Gasteiger partial charge on any atom is -0.430 e. The average molecular weight is 821 g/mol. The van der Waals surface area contributed by atoms with Crippen LogP contribution in [0.4, 0.5) is 0 Å². The predicted octanol–water partition coefficient (Wildman–Crippen LogP) is 4.71. The van der Waals surface area contributed by atoms with Crippen LogP contribution < -0.4 is 0 Å². The summed E-state index contributed by atoms with van der Waals surface area (Å²) in [6.45, 7) is 16.7. The zero-order chi connectivity index (χ0) is 43.2. The maximum absolute atomic E-state index is 8.51. The van der Waals surface area contributed by atoms with Crippen molar-refractivity contribution >= 4 is 45.4 Å². The van der Waals surface area contributed by atoms with Crippen LogP contribution >= 0.6 is 0 Å². The van der Waals surface area contributed by atoms with Gasteiger partial charge in [0.1, 0.15) is 20.4 Å². The van der Waals surface area contributed by atoms with Crippen molar-refractivity contribution in [2.75, 3.05) is 46.8 Å². The lowest BCUT2D eigenvalue weighted by Gasteiger charge is -2.20. The molecule has 0 aliphatic rings. The van der Waals surface area contributed by atoms with Crippen LogP contribution in [-0.2, 0) is 55.9 Å². The van der Waals surface area contributed by atoms with Gasteiger partial charge in [0, 0.05) is 50.8 Å². The third-order valence-corrected chi connectivity index (χ3v) is 7.10. The molecule has 0 aromatic heterocycles. The SMILES string of the molecule is OBO.OCCCCCCCCCCO.[B]OCO[B]OCOB(OCCCCCCCCCCOB(OC(C)C)OC(C)C)OCOB(OC(C)C)OC(C)C. The first kappa shape index (κ1) is 61.1. The molecule has 0 amide bonds. The van der Waals surface area contributed by atoms with Crippen molar-refractivity contribution < 1.29 is 76.1 Å². The van der Waals surface area contributed by atoms with E-state index in [2.05, 4.69) is 4.65 Å². The molecule has 0 unspecified atom stereocenters. The Balaban J connectivity index is -0.00000163. The van der Waals surface area contributed by atoms with Gasteiger partial charge in [-0.15, -0.1) is 0 Å². The highest BCUT2D eigenvalue weighted by atomic mass is 16.8. The van der Waals surface area contributed by atoms with Crippen LogP contribution in [0.3, 0.4) is 0 Å². The monoisotopic (exact) mass is 822 g/mol. The Morgan fingerprint density at radius 1 is 0.439 bits per heavy atom. The van der Waals surface area contributed by atoms with Crippen LogP contribution in [0.15, 0.2) is 0 Å². The van der Waals surface area contributed by atoms with E-state index in [1.165, 1.54) is 44.9 Å². The predicted molar refractivity (Wildman–Crippen MR) is 226 cm³/mol. The summed E-state index contributed by atoms with van der Waals surface area (Å²) < 4.78 is 64.7. The highest BCUT2D eigenvalue weighted by Crippen LogP contribution is 2.11. The topological polar surface area (TPSA) is 192 Å². The first-order valence-electron chi connectivity index (χ1n) is 21.0. The second-order valence-corrected chi connectivity index (χ2v) is 14.0. The zero-order valence-corrected chi connectivity index (χ0v) is 36.9. The molecule has 0 spiro atoms. The molecule has 0 rings (SSSR count). The molecule has 57 heavy (non-hydrogen) atoms. The van der Waals surface area contributed by atoms with Crippen LogP contribution in [0.2, 0.25) is 0 Å². The first-order valence-corrected chi connectivity index (χ1v) is 21.0. The third-order valence-electron chi connectivity index (χ3n) is 7.10. The molecule has 0 aromatic carbocycles. The second-order valence-electron chi connectivity index (χ2n) is 14.0. The Labute approximate surface area is 350 Å². The van der Waals surface area contributed by atoms with Crippen molar-refractivity contribution in [1.82, 2.24) is 0 Å². The quantitative estimate of drug-likeness (QED) is 0.0376. The van der Waals surface area contributed by atoms with Gasteiger partial charge in [0.2, 0.25) is 0 Å². The fraction of sp³-hybridized carbons (Fsp3) is 1.00. The van der Waals surface area contributed by atoms with Crippen LogP contribution in [-0.4, -0.2) is 137 Å². The van der Waals surface area contributed by atoms with E-state index in [-0.39, 0.29) is 44.8 Å². The van der Waals surface area contributed by atoms with Crippen LogP contribution in [0, 0.1) is 0 Å². The van der Waals surface area contributed by atoms with Gasteiger partial charge in [0.15, 0.2) is 0 Å². The van der Waals surface area contributed by atoms with Crippen LogP contribution in [0.5, 0.6) is 0 Å². The highest BCUT2D eigenvalue weighted by molar-refractivity contribution is 6.37. The lowest BCUT2D eigenvalue weighted by atomic mass is 10.1. The summed E-state index contributed by atoms with van der Waals surface area (Å²) in [4.78, 5) is 0. The number of aliphatic hydroxyl groups excluding tert-OH is 2. The number of hydrogen-bond acceptors (Lipinski definition) is 16. The fourth-order valence-electron chi connectivity index (χ4n) is 4.55. The van der Waals surface area contributed by atoms with Gasteiger partial charge >= 0.3 is 37.3 Å². The molecule has 0 atom stereocenters. The molecule has 0 aromatic rings. The van der Waals surface area contributed by atoms with Gasteiger partial charge in [-0.25, -0.2) is 0 Å². The molecular formula is C35H79B6O16. The molecule has 0 fully saturated rings. The fourth-order valence-corrected chi connectivity index (χ4v) is 4.55. The Kier molecular flexibility index (Phi) is 53.7. The molecule has 3 radical (unpaired) electrons. The minimum absolute atomic E-state index is 0.0569. The highest BCUT2D eigenvalue weighted by Gasteiger charge is 2.28. The summed E-state index contributed by atoms with van der Waals surface area (Å²) in [6.07, 6.45) is 17.9. The van der Waals surface area contributed by atoms with Gasteiger partial charge in [0.25, 0.3) is 8.05 Å². The Morgan fingerprint density at radius 3 is 1.11 bits per heavy atom. The van der Waals surface area contributed by atoms with E-state index in [9.17, 15) is 0 Å². The first-order chi connectivity index (χ1) is 27.5. The van der Waals surface area contributed by atoms with Gasteiger partial charge in [-0.2, -0.15) is 0 Å². The molecule has 0 aliphatic heterocycles. The summed E-state index contributed by atoms with van der Waals surface area (Å²) >= 11 is 0. The summed E-state index contributed by atoms with van der Waals surface area (Å²) in [5.74, 6) is 0. The third kappa shape index (κ3) is 55.7. The number of hydrogen-bond donors (Lipinski definition) is 4. The Hall–Kier alpha value is -0.250. The average Bonchev–Trinajstić information content (AvgIpc) is 3.13. The molecule has 16 nitrogen and oxygen atoms in total. The molecule has 0 heterocycles. The van der Waals surface area contributed by atoms with E-state index in [1.54, 1.807) is 0 Å². The van der Waals surface area contributed by atoms with E-state index >= 15 is 0 Å². The smallest absolute Gasteiger partial charge is 0.430 e. The van der Waals surface area contributed by atoms with Crippen molar-refractivity contribution in [1.29, 1.82) is 0 Å². The normalized spacial score (nSPS) is 11.2. The van der Waals surface area contributed by atoms with Crippen molar-refractivity contribution in [3.63, 3.8) is 0 Å². The molecule has 0 saturated heterocycles. The largest absolute Gasteiger partial charge is 0.642 e. The van der Waals surface area contributed by atoms with E-state index < -0.39 is 29.6 Å². The standard InChI is InChI=1S/C25H54B5O12.C10H22O2.BH3O2/c1-22(2)39-29(40-23(3)4)35-18-16-14-12-10-9-11-13-15-17-34-28(36-20-33-27-32-19-31-26)37-21-38-30(41-24(5)6)42-25(7)8;11-9-7-5-3-1-2-4-6-8-10-12;2-1-3/h22-25H,9-21H2,1-8H3;11-12H,1-10H2;1-3H. The van der Waals surface area contributed by atoms with Gasteiger partial charge in [-0.1, -0.05) is 77.0 Å². The van der Waals surface area contributed by atoms with E-state index in [1.807, 2.05) is 55.4 Å². The molecule has 4 N–H and O–H groups in total. The van der Waals surface area contributed by atoms with Gasteiger partial charge in [0.05, 0.1) is 0 Å². The number of unbranched alkanes of at least 4 members (excludes halogenated alkanes) is 14. The lowest BCUT2D eigenvalue weighted by molar-refractivity contribution is -0.0350. The van der Waals surface area contributed by atoms with Crippen molar-refractivity contribution in [3.8, 4) is 0 Å². The van der Waals surface area contributed by atoms with E-state index in [0.717, 1.165) is 65.5 Å². The van der Waals surface area contributed by atoms with Crippen LogP contribution in [0.1, 0.15) is 158 Å². The molecule has 22 heteroatoms. The summed E-state index contributed by atoms with van der Waals surface area (Å²) in [6, 6.07) is 0. The Morgan fingerprint density at radius 2 is 0.737 bits per heavy atom. The molecule has 0 saturated carbocycles. The second kappa shape index (κ2) is 50.1. The maximum atomic E-state index is 8.51. The molecular weight excluding hydrogens is 741 g/mol. The van der Waals surface area contributed by atoms with Crippen molar-refractivity contribution in [2.24, 2.45) is 0 Å². The van der Waals surface area contributed by atoms with Gasteiger partial charge in [-0.3, -0.25) is 0 Å². The van der Waals surface area contributed by atoms with Gasteiger partial charge in [-0.05, 0) is 81.1 Å². The molecule has 333 valence electrons. The van der Waals surface area contributed by atoms with E-state index in [0.29, 0.717) is 26.4 Å². The van der Waals surface area contributed by atoms with Gasteiger partial charge < -0.3 is 76.1 Å². The Bertz CT molecular complexity index is 715. The molecule has 0 aliphatic carbocycles. The minimum atomic E-state index is -1.01. The van der Waals surface area contributed by atoms with Crippen molar-refractivity contribution in [3.05, 3.63) is 0 Å². The number of aliphatic hydroxyl groups is 2. The summed E-state index contributed by atoms with van der Waals surface area (Å²) in [5.41, 5.74) is 0. The molecule has 0 bridgehead atoms. The summed E-state index contributed by atoms with van der Waals surface area (Å²) in [7, 11) is 2.70. The van der Waals surface area contributed by atoms with E-state index in [4.69, 9.17) is 79.5 Å². The van der Waals surface area contributed by atoms with Crippen LogP contribution in [0.25, 0.3) is 0 Å². The maximum Gasteiger partial charge on any atom is 0.642 e. The van der Waals surface area contributed by atoms with Crippen molar-refractivity contribution in [2.45, 2.75) is 183 Å². The summed E-state index contributed by atoms with van der Waals surface area (Å²) in [5, 5.41) is 31.3. The number of rotatable bonds is 41. The zero-order valence-electron chi connectivity index (χ0n) is 36.9.